The average Bonchev–Trinajstić information content (AvgIpc) is 3.22. The second kappa shape index (κ2) is 10.0. The van der Waals surface area contributed by atoms with Gasteiger partial charge in [0, 0.05) is 44.9 Å². The Bertz CT molecular complexity index is 1060. The highest BCUT2D eigenvalue weighted by Gasteiger charge is 2.24. The fraction of sp³-hybridized carbons (Fsp3) is 0.333. The number of aromatic nitrogens is 1. The molecule has 0 radical (unpaired) electrons. The molecule has 2 aromatic carbocycles. The number of nitrogens with one attached hydrogen (secondary N) is 2. The number of amides is 1. The monoisotopic (exact) mass is 419 g/mol. The first-order valence-corrected chi connectivity index (χ1v) is 10.8. The van der Waals surface area contributed by atoms with Crippen LogP contribution in [0.2, 0.25) is 0 Å². The van der Waals surface area contributed by atoms with Gasteiger partial charge in [-0.25, -0.2) is 0 Å². The van der Waals surface area contributed by atoms with Gasteiger partial charge in [-0.2, -0.15) is 0 Å². The van der Waals surface area contributed by atoms with Crippen LogP contribution in [0.3, 0.4) is 0 Å². The Labute approximate surface area is 182 Å². The van der Waals surface area contributed by atoms with Crippen molar-refractivity contribution in [2.75, 3.05) is 38.2 Å². The zero-order valence-corrected chi connectivity index (χ0v) is 17.9. The van der Waals surface area contributed by atoms with Gasteiger partial charge in [0.1, 0.15) is 5.75 Å². The first-order chi connectivity index (χ1) is 15.3. The molecule has 0 unspecified atom stereocenters. The largest absolute Gasteiger partial charge is 0.482 e. The van der Waals surface area contributed by atoms with Crippen molar-refractivity contribution in [2.45, 2.75) is 19.4 Å². The van der Waals surface area contributed by atoms with Crippen molar-refractivity contribution in [3.05, 3.63) is 60.8 Å². The molecule has 7 nitrogen and oxygen atoms in total. The van der Waals surface area contributed by atoms with E-state index >= 15 is 0 Å². The number of hydrogen-bond acceptors (Lipinski definition) is 3. The van der Waals surface area contributed by atoms with E-state index in [2.05, 4.69) is 56.7 Å². The van der Waals surface area contributed by atoms with E-state index in [1.54, 1.807) is 11.9 Å². The molecule has 2 heterocycles. The topological polar surface area (TPSA) is 70.9 Å². The van der Waals surface area contributed by atoms with Gasteiger partial charge in [-0.15, -0.1) is 0 Å². The molecule has 3 aromatic rings. The Morgan fingerprint density at radius 2 is 1.74 bits per heavy atom. The average molecular weight is 420 g/mol. The number of guanidine groups is 1. The van der Waals surface area contributed by atoms with Crippen molar-refractivity contribution in [2.24, 2.45) is 4.99 Å². The van der Waals surface area contributed by atoms with Gasteiger partial charge in [0.15, 0.2) is 12.6 Å². The Hall–Kier alpha value is -3.48. The van der Waals surface area contributed by atoms with Crippen LogP contribution in [0.4, 0.5) is 5.69 Å². The summed E-state index contributed by atoms with van der Waals surface area (Å²) in [7, 11) is 1.77. The number of nitrogens with zero attached hydrogens (tertiary/aromatic N) is 3. The highest BCUT2D eigenvalue weighted by atomic mass is 16.5. The second-order valence-electron chi connectivity index (χ2n) is 7.50. The van der Waals surface area contributed by atoms with E-state index in [9.17, 15) is 4.79 Å². The molecule has 0 fully saturated rings. The molecule has 4 rings (SSSR count). The molecule has 0 aliphatic carbocycles. The third-order valence-electron chi connectivity index (χ3n) is 5.43. The maximum atomic E-state index is 12.2. The molecule has 1 amide bonds. The lowest BCUT2D eigenvalue weighted by Gasteiger charge is -2.29. The minimum Gasteiger partial charge on any atom is -0.482 e. The molecule has 0 saturated carbocycles. The highest BCUT2D eigenvalue weighted by molar-refractivity contribution is 5.97. The van der Waals surface area contributed by atoms with Crippen molar-refractivity contribution in [3.8, 4) is 5.75 Å². The van der Waals surface area contributed by atoms with Gasteiger partial charge in [-0.3, -0.25) is 9.79 Å². The van der Waals surface area contributed by atoms with Crippen molar-refractivity contribution >= 4 is 28.5 Å². The number of para-hydroxylation sites is 3. The SMILES string of the molecule is CN=C(NCCCN1C(=O)COc2ccccc21)NCCCn1ccc2ccccc21. The second-order valence-corrected chi connectivity index (χ2v) is 7.50. The molecule has 0 saturated heterocycles. The molecule has 31 heavy (non-hydrogen) atoms. The van der Waals surface area contributed by atoms with E-state index in [0.717, 1.165) is 49.9 Å². The number of anilines is 1. The predicted octanol–water partition coefficient (Wildman–Crippen LogP) is 3.01. The maximum Gasteiger partial charge on any atom is 0.265 e. The molecule has 0 bridgehead atoms. The number of hydrogen-bond donors (Lipinski definition) is 2. The zero-order chi connectivity index (χ0) is 21.5. The third kappa shape index (κ3) is 4.99. The number of aryl methyl sites for hydroxylation is 1. The Kier molecular flexibility index (Phi) is 6.72. The summed E-state index contributed by atoms with van der Waals surface area (Å²) in [6.07, 6.45) is 3.96. The van der Waals surface area contributed by atoms with Gasteiger partial charge in [0.2, 0.25) is 0 Å². The lowest BCUT2D eigenvalue weighted by atomic mass is 10.2. The van der Waals surface area contributed by atoms with Gasteiger partial charge in [0.25, 0.3) is 5.91 Å². The molecule has 162 valence electrons. The molecule has 2 N–H and O–H groups in total. The van der Waals surface area contributed by atoms with E-state index in [0.29, 0.717) is 6.54 Å². The van der Waals surface area contributed by atoms with Crippen LogP contribution >= 0.6 is 0 Å². The fourth-order valence-corrected chi connectivity index (χ4v) is 3.86. The number of carbonyl (C=O) groups is 1. The fourth-order valence-electron chi connectivity index (χ4n) is 3.86. The Morgan fingerprint density at radius 3 is 2.58 bits per heavy atom. The molecule has 0 spiro atoms. The first-order valence-electron chi connectivity index (χ1n) is 10.8. The quantitative estimate of drug-likeness (QED) is 0.335. The molecule has 1 aliphatic rings. The molecular weight excluding hydrogens is 390 g/mol. The minimum atomic E-state index is -0.00116. The van der Waals surface area contributed by atoms with Crippen LogP contribution in [0.1, 0.15) is 12.8 Å². The summed E-state index contributed by atoms with van der Waals surface area (Å²) >= 11 is 0. The van der Waals surface area contributed by atoms with E-state index in [-0.39, 0.29) is 12.5 Å². The number of aliphatic imine (C=N–C) groups is 1. The lowest BCUT2D eigenvalue weighted by molar-refractivity contribution is -0.121. The summed E-state index contributed by atoms with van der Waals surface area (Å²) in [6, 6.07) is 18.3. The summed E-state index contributed by atoms with van der Waals surface area (Å²) in [5, 5.41) is 7.97. The van der Waals surface area contributed by atoms with E-state index < -0.39 is 0 Å². The van der Waals surface area contributed by atoms with Crippen LogP contribution in [0, 0.1) is 0 Å². The summed E-state index contributed by atoms with van der Waals surface area (Å²) in [5.41, 5.74) is 2.11. The number of ether oxygens (including phenoxy) is 1. The lowest BCUT2D eigenvalue weighted by Crippen LogP contribution is -2.42. The van der Waals surface area contributed by atoms with Crippen molar-refractivity contribution in [1.82, 2.24) is 15.2 Å². The molecule has 1 aromatic heterocycles. The summed E-state index contributed by atoms with van der Waals surface area (Å²) in [4.78, 5) is 18.3. The van der Waals surface area contributed by atoms with Gasteiger partial charge >= 0.3 is 0 Å². The number of rotatable bonds is 8. The minimum absolute atomic E-state index is 0.00116. The smallest absolute Gasteiger partial charge is 0.265 e. The van der Waals surface area contributed by atoms with Gasteiger partial charge in [-0.1, -0.05) is 30.3 Å². The van der Waals surface area contributed by atoms with Crippen LogP contribution < -0.4 is 20.3 Å². The number of fused-ring (bicyclic) bond motifs is 2. The standard InChI is InChI=1S/C24H29N5O2/c1-25-24(26-13-6-15-28-17-12-19-8-2-3-9-20(19)28)27-14-7-16-29-21-10-4-5-11-22(21)31-18-23(29)30/h2-5,8-12,17H,6-7,13-16,18H2,1H3,(H2,25,26,27). The van der Waals surface area contributed by atoms with Gasteiger partial charge < -0.3 is 24.8 Å². The van der Waals surface area contributed by atoms with Crippen LogP contribution in [0.15, 0.2) is 65.8 Å². The van der Waals surface area contributed by atoms with Crippen LogP contribution in [0.25, 0.3) is 10.9 Å². The Balaban J connectivity index is 1.18. The normalized spacial score (nSPS) is 13.8. The van der Waals surface area contributed by atoms with Crippen LogP contribution in [0.5, 0.6) is 5.75 Å². The van der Waals surface area contributed by atoms with Gasteiger partial charge in [-0.05, 0) is 42.5 Å². The Morgan fingerprint density at radius 1 is 1.00 bits per heavy atom. The van der Waals surface area contributed by atoms with E-state index in [1.807, 2.05) is 24.3 Å². The molecule has 1 aliphatic heterocycles. The van der Waals surface area contributed by atoms with E-state index in [1.165, 1.54) is 10.9 Å². The summed E-state index contributed by atoms with van der Waals surface area (Å²) in [5.74, 6) is 1.55. The molecule has 7 heteroatoms. The van der Waals surface area contributed by atoms with Crippen molar-refractivity contribution < 1.29 is 9.53 Å². The summed E-state index contributed by atoms with van der Waals surface area (Å²) in [6.45, 7) is 3.26. The number of carbonyl (C=O) groups excluding carboxylic acids is 1. The zero-order valence-electron chi connectivity index (χ0n) is 17.9. The van der Waals surface area contributed by atoms with Crippen molar-refractivity contribution in [3.63, 3.8) is 0 Å². The molecule has 0 atom stereocenters. The van der Waals surface area contributed by atoms with Crippen LogP contribution in [-0.4, -0.2) is 49.7 Å². The number of benzene rings is 2. The van der Waals surface area contributed by atoms with E-state index in [4.69, 9.17) is 4.74 Å². The van der Waals surface area contributed by atoms with Crippen molar-refractivity contribution in [1.29, 1.82) is 0 Å². The first kappa shape index (κ1) is 20.8. The maximum absolute atomic E-state index is 12.2. The van der Waals surface area contributed by atoms with Gasteiger partial charge in [0.05, 0.1) is 5.69 Å². The molecular formula is C24H29N5O2. The highest BCUT2D eigenvalue weighted by Crippen LogP contribution is 2.31. The van der Waals surface area contributed by atoms with Crippen LogP contribution in [-0.2, 0) is 11.3 Å². The summed E-state index contributed by atoms with van der Waals surface area (Å²) < 4.78 is 7.78. The predicted molar refractivity (Wildman–Crippen MR) is 125 cm³/mol. The third-order valence-corrected chi connectivity index (χ3v) is 5.43.